The van der Waals surface area contributed by atoms with Crippen molar-refractivity contribution in [1.82, 2.24) is 20.1 Å². The number of H-pyrrole nitrogens is 1. The van der Waals surface area contributed by atoms with Gasteiger partial charge in [-0.05, 0) is 57.1 Å². The fourth-order valence-electron chi connectivity index (χ4n) is 5.66. The van der Waals surface area contributed by atoms with E-state index in [-0.39, 0.29) is 47.3 Å². The van der Waals surface area contributed by atoms with E-state index in [2.05, 4.69) is 15.5 Å². The largest absolute Gasteiger partial charge is 0.345 e. The van der Waals surface area contributed by atoms with Crippen LogP contribution >= 0.6 is 0 Å². The van der Waals surface area contributed by atoms with Gasteiger partial charge in [-0.3, -0.25) is 19.5 Å². The van der Waals surface area contributed by atoms with Crippen molar-refractivity contribution >= 4 is 22.6 Å². The first kappa shape index (κ1) is 23.4. The third-order valence-electron chi connectivity index (χ3n) is 7.66. The number of carbonyl (C=O) groups excluding carboxylic acids is 2. The summed E-state index contributed by atoms with van der Waals surface area (Å²) in [6.45, 7) is 3.37. The first-order chi connectivity index (χ1) is 16.7. The lowest BCUT2D eigenvalue weighted by molar-refractivity contribution is -0.121. The molecule has 0 aliphatic heterocycles. The van der Waals surface area contributed by atoms with E-state index in [0.717, 1.165) is 0 Å². The highest BCUT2D eigenvalue weighted by molar-refractivity contribution is 6.05. The minimum Gasteiger partial charge on any atom is -0.345 e. The van der Waals surface area contributed by atoms with E-state index in [9.17, 15) is 23.2 Å². The number of carbonyl (C=O) groups is 2. The number of amides is 1. The van der Waals surface area contributed by atoms with Gasteiger partial charge in [-0.15, -0.1) is 0 Å². The molecule has 184 valence electrons. The van der Waals surface area contributed by atoms with E-state index < -0.39 is 17.9 Å². The van der Waals surface area contributed by atoms with Crippen LogP contribution in [-0.4, -0.2) is 26.5 Å². The number of pyridine rings is 1. The minimum absolute atomic E-state index is 0.0169. The van der Waals surface area contributed by atoms with Gasteiger partial charge in [0.2, 0.25) is 0 Å². The normalized spacial score (nSPS) is 22.1. The quantitative estimate of drug-likeness (QED) is 0.557. The minimum atomic E-state index is -2.85. The number of rotatable bonds is 5. The van der Waals surface area contributed by atoms with Gasteiger partial charge in [0.25, 0.3) is 17.4 Å². The van der Waals surface area contributed by atoms with Crippen LogP contribution in [0.2, 0.25) is 0 Å². The molecule has 3 aromatic rings. The number of aromatic nitrogens is 3. The molecule has 0 unspecified atom stereocenters. The molecule has 1 fully saturated rings. The molecule has 2 N–H and O–H groups in total. The second kappa shape index (κ2) is 8.70. The van der Waals surface area contributed by atoms with Crippen LogP contribution < -0.4 is 10.9 Å². The smallest absolute Gasteiger partial charge is 0.273 e. The van der Waals surface area contributed by atoms with E-state index in [1.807, 2.05) is 0 Å². The number of Topliss-reactive ketones (excluding diaryl/α,β-unsaturated/α-hetero) is 1. The highest BCUT2D eigenvalue weighted by atomic mass is 19.3. The van der Waals surface area contributed by atoms with Gasteiger partial charge < -0.3 is 9.88 Å². The number of alkyl halides is 2. The van der Waals surface area contributed by atoms with Gasteiger partial charge in [-0.1, -0.05) is 18.2 Å². The molecule has 0 radical (unpaired) electrons. The lowest BCUT2D eigenvalue weighted by Crippen LogP contribution is -2.32. The van der Waals surface area contributed by atoms with Crippen LogP contribution in [0.15, 0.2) is 35.4 Å². The number of aromatic amines is 1. The Morgan fingerprint density at radius 3 is 2.69 bits per heavy atom. The Kier molecular flexibility index (Phi) is 5.81. The summed E-state index contributed by atoms with van der Waals surface area (Å²) in [5, 5.41) is 9.99. The van der Waals surface area contributed by atoms with Crippen LogP contribution in [0.1, 0.15) is 85.1 Å². The van der Waals surface area contributed by atoms with Crippen molar-refractivity contribution in [3.8, 4) is 0 Å². The molecule has 1 aromatic carbocycles. The molecule has 1 atom stereocenters. The number of ketones is 1. The first-order valence-electron chi connectivity index (χ1n) is 12.1. The highest BCUT2D eigenvalue weighted by Gasteiger charge is 2.40. The van der Waals surface area contributed by atoms with E-state index in [1.54, 1.807) is 36.7 Å². The van der Waals surface area contributed by atoms with Gasteiger partial charge in [-0.25, -0.2) is 8.78 Å². The third-order valence-corrected chi connectivity index (χ3v) is 7.66. The van der Waals surface area contributed by atoms with Crippen molar-refractivity contribution < 1.29 is 18.4 Å². The van der Waals surface area contributed by atoms with Gasteiger partial charge in [0.05, 0.1) is 28.7 Å². The maximum Gasteiger partial charge on any atom is 0.273 e. The molecular formula is C26H28F2N4O3. The molecule has 2 aromatic heterocycles. The van der Waals surface area contributed by atoms with Gasteiger partial charge >= 0.3 is 0 Å². The van der Waals surface area contributed by atoms with E-state index >= 15 is 0 Å². The molecule has 7 nitrogen and oxygen atoms in total. The molecular weight excluding hydrogens is 454 g/mol. The maximum atomic E-state index is 14.2. The van der Waals surface area contributed by atoms with Crippen molar-refractivity contribution in [2.75, 3.05) is 0 Å². The van der Waals surface area contributed by atoms with Gasteiger partial charge in [0.15, 0.2) is 0 Å². The average Bonchev–Trinajstić information content (AvgIpc) is 3.44. The zero-order valence-corrected chi connectivity index (χ0v) is 19.7. The number of nitrogens with zero attached hydrogens (tertiary/aromatic N) is 2. The lowest BCUT2D eigenvalue weighted by atomic mass is 9.83. The summed E-state index contributed by atoms with van der Waals surface area (Å²) in [6.07, 6.45) is 5.78. The Labute approximate surface area is 200 Å². The van der Waals surface area contributed by atoms with Crippen LogP contribution in [0.5, 0.6) is 0 Å². The number of hydrogen-bond donors (Lipinski definition) is 2. The molecule has 2 aliphatic rings. The van der Waals surface area contributed by atoms with Crippen molar-refractivity contribution in [1.29, 1.82) is 0 Å². The number of hydrogen-bond acceptors (Lipinski definition) is 4. The monoisotopic (exact) mass is 482 g/mol. The molecule has 1 amide bonds. The molecule has 0 saturated heterocycles. The highest BCUT2D eigenvalue weighted by Crippen LogP contribution is 2.43. The van der Waals surface area contributed by atoms with Crippen LogP contribution in [0.4, 0.5) is 8.78 Å². The first-order valence-corrected chi connectivity index (χ1v) is 12.1. The molecule has 2 heterocycles. The zero-order chi connectivity index (χ0) is 24.9. The molecule has 0 spiro atoms. The summed E-state index contributed by atoms with van der Waals surface area (Å²) in [4.78, 5) is 38.3. The predicted octanol–water partition coefficient (Wildman–Crippen LogP) is 4.57. The molecule has 9 heteroatoms. The Bertz CT molecular complexity index is 1370. The van der Waals surface area contributed by atoms with Crippen molar-refractivity contribution in [2.24, 2.45) is 5.92 Å². The predicted molar refractivity (Wildman–Crippen MR) is 127 cm³/mol. The molecule has 5 rings (SSSR count). The molecule has 35 heavy (non-hydrogen) atoms. The summed E-state index contributed by atoms with van der Waals surface area (Å²) in [5.41, 5.74) is 1.68. The number of halogens is 2. The van der Waals surface area contributed by atoms with Crippen molar-refractivity contribution in [3.05, 3.63) is 63.2 Å². The summed E-state index contributed by atoms with van der Waals surface area (Å²) in [5.74, 6) is -3.09. The van der Waals surface area contributed by atoms with Crippen molar-refractivity contribution in [3.63, 3.8) is 0 Å². The van der Waals surface area contributed by atoms with Gasteiger partial charge in [0, 0.05) is 30.1 Å². The summed E-state index contributed by atoms with van der Waals surface area (Å²) in [6, 6.07) is 4.20. The van der Waals surface area contributed by atoms with E-state index in [1.165, 1.54) is 12.3 Å². The Hall–Kier alpha value is -3.36. The average molecular weight is 483 g/mol. The summed E-state index contributed by atoms with van der Waals surface area (Å²) in [7, 11) is 0. The maximum absolute atomic E-state index is 14.2. The Balaban J connectivity index is 1.45. The molecule has 2 aliphatic carbocycles. The SMILES string of the molecule is CC(=O)C1CCC(n2cc(C(=O)N[C@H](C)c3cccc4c3CCC4(F)F)c3[nH]ncc3c2=O)CC1. The fraction of sp³-hybridized carbons (Fsp3) is 0.462. The second-order valence-corrected chi connectivity index (χ2v) is 9.80. The fourth-order valence-corrected chi connectivity index (χ4v) is 5.66. The second-order valence-electron chi connectivity index (χ2n) is 9.80. The van der Waals surface area contributed by atoms with Crippen LogP contribution in [-0.2, 0) is 17.1 Å². The van der Waals surface area contributed by atoms with Crippen molar-refractivity contribution in [2.45, 2.75) is 70.4 Å². The third kappa shape index (κ3) is 4.06. The number of nitrogens with one attached hydrogen (secondary N) is 2. The standard InChI is InChI=1S/C26H28F2N4O3/c1-14(18-4-3-5-22-19(18)10-11-26(22,27)28)30-24(34)21-13-32(25(35)20-12-29-31-23(20)21)17-8-6-16(7-9-17)15(2)33/h3-5,12-14,16-17H,6-11H2,1-2H3,(H,29,31)(H,30,34)/t14-,16?,17?/m1/s1. The number of fused-ring (bicyclic) bond motifs is 2. The van der Waals surface area contributed by atoms with E-state index in [4.69, 9.17) is 0 Å². The Morgan fingerprint density at radius 1 is 1.23 bits per heavy atom. The Morgan fingerprint density at radius 2 is 1.97 bits per heavy atom. The zero-order valence-electron chi connectivity index (χ0n) is 19.7. The van der Waals surface area contributed by atoms with Gasteiger partial charge in [-0.2, -0.15) is 5.10 Å². The summed E-state index contributed by atoms with van der Waals surface area (Å²) < 4.78 is 30.0. The number of benzene rings is 1. The van der Waals surface area contributed by atoms with Crippen LogP contribution in [0, 0.1) is 5.92 Å². The topological polar surface area (TPSA) is 96.8 Å². The molecule has 0 bridgehead atoms. The lowest BCUT2D eigenvalue weighted by Gasteiger charge is -2.29. The van der Waals surface area contributed by atoms with Crippen LogP contribution in [0.25, 0.3) is 10.9 Å². The van der Waals surface area contributed by atoms with Gasteiger partial charge in [0.1, 0.15) is 5.78 Å². The molecule has 1 saturated carbocycles. The summed E-state index contributed by atoms with van der Waals surface area (Å²) >= 11 is 0. The van der Waals surface area contributed by atoms with E-state index in [0.29, 0.717) is 47.7 Å². The van der Waals surface area contributed by atoms with Crippen LogP contribution in [0.3, 0.4) is 0 Å².